The zero-order chi connectivity index (χ0) is 15.5. The predicted octanol–water partition coefficient (Wildman–Crippen LogP) is 3.52. The number of rotatable bonds is 4. The van der Waals surface area contributed by atoms with E-state index in [0.29, 0.717) is 22.8 Å². The first-order valence-corrected chi connectivity index (χ1v) is 6.48. The van der Waals surface area contributed by atoms with E-state index in [1.165, 1.54) is 24.3 Å². The fraction of sp³-hybridized carbons (Fsp3) is 0.0667. The van der Waals surface area contributed by atoms with E-state index >= 15 is 0 Å². The molecule has 0 radical (unpaired) electrons. The van der Waals surface area contributed by atoms with Crippen LogP contribution in [-0.2, 0) is 11.2 Å². The molecule has 0 aliphatic carbocycles. The minimum Gasteiger partial charge on any atom is -0.481 e. The van der Waals surface area contributed by atoms with Crippen molar-refractivity contribution in [2.75, 3.05) is 0 Å². The normalized spacial score (nSPS) is 11.3. The van der Waals surface area contributed by atoms with Crippen molar-refractivity contribution < 1.29 is 14.3 Å². The number of aromatic nitrogens is 2. The fourth-order valence-electron chi connectivity index (χ4n) is 2.01. The van der Waals surface area contributed by atoms with Gasteiger partial charge in [0.05, 0.1) is 17.8 Å². The largest absolute Gasteiger partial charge is 0.481 e. The molecule has 0 fully saturated rings. The Hall–Kier alpha value is -3.09. The van der Waals surface area contributed by atoms with E-state index in [2.05, 4.69) is 15.2 Å². The van der Waals surface area contributed by atoms with Crippen LogP contribution in [0.4, 0.5) is 15.9 Å². The van der Waals surface area contributed by atoms with Crippen LogP contribution >= 0.6 is 0 Å². The van der Waals surface area contributed by atoms with Crippen LogP contribution in [0.2, 0.25) is 0 Å². The number of imidazole rings is 1. The number of fused-ring (bicyclic) bond motifs is 1. The summed E-state index contributed by atoms with van der Waals surface area (Å²) in [5.74, 6) is -1.01. The maximum Gasteiger partial charge on any atom is 0.309 e. The summed E-state index contributed by atoms with van der Waals surface area (Å²) in [4.78, 5) is 15.2. The predicted molar refractivity (Wildman–Crippen MR) is 77.1 cm³/mol. The Labute approximate surface area is 124 Å². The quantitative estimate of drug-likeness (QED) is 0.748. The number of halogens is 1. The summed E-state index contributed by atoms with van der Waals surface area (Å²) in [6, 6.07) is 10.9. The van der Waals surface area contributed by atoms with Gasteiger partial charge in [-0.2, -0.15) is 0 Å². The van der Waals surface area contributed by atoms with Gasteiger partial charge in [0.2, 0.25) is 0 Å². The average Bonchev–Trinajstić information content (AvgIpc) is 2.83. The first-order chi connectivity index (χ1) is 10.6. The van der Waals surface area contributed by atoms with Gasteiger partial charge < -0.3 is 5.11 Å². The molecule has 0 bridgehead atoms. The number of azo groups is 1. The Morgan fingerprint density at radius 1 is 1.18 bits per heavy atom. The molecule has 0 aliphatic rings. The average molecular weight is 298 g/mol. The molecule has 22 heavy (non-hydrogen) atoms. The Balaban J connectivity index is 2.03. The van der Waals surface area contributed by atoms with Crippen molar-refractivity contribution in [3.05, 3.63) is 60.2 Å². The van der Waals surface area contributed by atoms with Crippen molar-refractivity contribution in [3.8, 4) is 0 Å². The molecule has 1 N–H and O–H groups in total. The smallest absolute Gasteiger partial charge is 0.309 e. The molecule has 0 unspecified atom stereocenters. The summed E-state index contributed by atoms with van der Waals surface area (Å²) >= 11 is 0. The first kappa shape index (κ1) is 13.9. The highest BCUT2D eigenvalue weighted by molar-refractivity contribution is 5.72. The van der Waals surface area contributed by atoms with Crippen LogP contribution in [0, 0.1) is 5.82 Å². The highest BCUT2D eigenvalue weighted by Gasteiger charge is 2.14. The standard InChI is InChI=1S/C15H11FN4O2/c16-10-4-6-11(7-5-10)18-19-15-12(9-14(21)22)17-13-3-1-2-8-20(13)15/h1-8H,9H2,(H,21,22). The molecular weight excluding hydrogens is 287 g/mol. The number of aliphatic carboxylic acids is 1. The lowest BCUT2D eigenvalue weighted by Gasteiger charge is -1.97. The molecule has 0 saturated carbocycles. The Bertz CT molecular complexity index is 856. The van der Waals surface area contributed by atoms with Gasteiger partial charge in [0, 0.05) is 6.20 Å². The van der Waals surface area contributed by atoms with Crippen molar-refractivity contribution in [1.29, 1.82) is 0 Å². The molecular formula is C15H11FN4O2. The van der Waals surface area contributed by atoms with Gasteiger partial charge in [-0.15, -0.1) is 10.2 Å². The van der Waals surface area contributed by atoms with E-state index in [1.807, 2.05) is 0 Å². The molecule has 0 amide bonds. The first-order valence-electron chi connectivity index (χ1n) is 6.48. The molecule has 0 aliphatic heterocycles. The van der Waals surface area contributed by atoms with E-state index in [0.717, 1.165) is 0 Å². The second-order valence-electron chi connectivity index (χ2n) is 4.56. The molecule has 0 atom stereocenters. The third-order valence-electron chi connectivity index (χ3n) is 2.98. The summed E-state index contributed by atoms with van der Waals surface area (Å²) < 4.78 is 14.5. The molecule has 0 saturated heterocycles. The third-order valence-corrected chi connectivity index (χ3v) is 2.98. The van der Waals surface area contributed by atoms with Gasteiger partial charge in [-0.3, -0.25) is 9.20 Å². The maximum absolute atomic E-state index is 12.9. The molecule has 7 heteroatoms. The number of carboxylic acid groups (broad SMARTS) is 1. The Kier molecular flexibility index (Phi) is 3.61. The summed E-state index contributed by atoms with van der Waals surface area (Å²) in [6.45, 7) is 0. The third kappa shape index (κ3) is 2.83. The molecule has 0 spiro atoms. The zero-order valence-corrected chi connectivity index (χ0v) is 11.3. The molecule has 3 aromatic rings. The van der Waals surface area contributed by atoms with Crippen LogP contribution in [-0.4, -0.2) is 20.5 Å². The molecule has 3 rings (SSSR count). The van der Waals surface area contributed by atoms with Gasteiger partial charge in [0.1, 0.15) is 11.5 Å². The number of pyridine rings is 1. The molecule has 1 aromatic carbocycles. The minimum atomic E-state index is -0.998. The summed E-state index contributed by atoms with van der Waals surface area (Å²) in [6.07, 6.45) is 1.48. The molecule has 110 valence electrons. The number of hydrogen-bond donors (Lipinski definition) is 1. The molecule has 6 nitrogen and oxygen atoms in total. The second-order valence-corrected chi connectivity index (χ2v) is 4.56. The Morgan fingerprint density at radius 3 is 2.68 bits per heavy atom. The number of carbonyl (C=O) groups is 1. The van der Waals surface area contributed by atoms with Gasteiger partial charge in [-0.1, -0.05) is 6.07 Å². The van der Waals surface area contributed by atoms with Crippen LogP contribution < -0.4 is 0 Å². The minimum absolute atomic E-state index is 0.251. The van der Waals surface area contributed by atoms with Gasteiger partial charge in [-0.05, 0) is 36.4 Å². The monoisotopic (exact) mass is 298 g/mol. The summed E-state index contributed by atoms with van der Waals surface area (Å²) in [5, 5.41) is 17.1. The van der Waals surface area contributed by atoms with Gasteiger partial charge in [0.25, 0.3) is 0 Å². The van der Waals surface area contributed by atoms with Crippen molar-refractivity contribution in [2.45, 2.75) is 6.42 Å². The maximum atomic E-state index is 12.9. The highest BCUT2D eigenvalue weighted by Crippen LogP contribution is 2.24. The lowest BCUT2D eigenvalue weighted by molar-refractivity contribution is -0.136. The number of carboxylic acids is 1. The van der Waals surface area contributed by atoms with Gasteiger partial charge in [-0.25, -0.2) is 9.37 Å². The number of nitrogens with zero attached hydrogens (tertiary/aromatic N) is 4. The van der Waals surface area contributed by atoms with Crippen molar-refractivity contribution >= 4 is 23.1 Å². The van der Waals surface area contributed by atoms with E-state index in [4.69, 9.17) is 5.11 Å². The second kappa shape index (κ2) is 5.72. The van der Waals surface area contributed by atoms with Crippen molar-refractivity contribution in [2.24, 2.45) is 10.2 Å². The van der Waals surface area contributed by atoms with Crippen LogP contribution in [0.5, 0.6) is 0 Å². The topological polar surface area (TPSA) is 79.3 Å². The van der Waals surface area contributed by atoms with Crippen molar-refractivity contribution in [3.63, 3.8) is 0 Å². The van der Waals surface area contributed by atoms with Gasteiger partial charge >= 0.3 is 5.97 Å². The van der Waals surface area contributed by atoms with E-state index < -0.39 is 5.97 Å². The lowest BCUT2D eigenvalue weighted by Crippen LogP contribution is -2.00. The lowest BCUT2D eigenvalue weighted by atomic mass is 10.3. The number of hydrogen-bond acceptors (Lipinski definition) is 4. The van der Waals surface area contributed by atoms with E-state index in [9.17, 15) is 9.18 Å². The molecule has 2 aromatic heterocycles. The van der Waals surface area contributed by atoms with Crippen LogP contribution in [0.25, 0.3) is 5.65 Å². The Morgan fingerprint density at radius 2 is 1.95 bits per heavy atom. The van der Waals surface area contributed by atoms with E-state index in [-0.39, 0.29) is 12.2 Å². The molecule has 2 heterocycles. The van der Waals surface area contributed by atoms with Crippen LogP contribution in [0.1, 0.15) is 5.69 Å². The van der Waals surface area contributed by atoms with Crippen LogP contribution in [0.3, 0.4) is 0 Å². The fourth-order valence-corrected chi connectivity index (χ4v) is 2.01. The van der Waals surface area contributed by atoms with Crippen molar-refractivity contribution in [1.82, 2.24) is 9.38 Å². The number of benzene rings is 1. The summed E-state index contributed by atoms with van der Waals surface area (Å²) in [7, 11) is 0. The summed E-state index contributed by atoms with van der Waals surface area (Å²) in [5.41, 5.74) is 1.38. The van der Waals surface area contributed by atoms with Gasteiger partial charge in [0.15, 0.2) is 5.82 Å². The van der Waals surface area contributed by atoms with Crippen LogP contribution in [0.15, 0.2) is 58.9 Å². The zero-order valence-electron chi connectivity index (χ0n) is 11.3. The highest BCUT2D eigenvalue weighted by atomic mass is 19.1. The van der Waals surface area contributed by atoms with E-state index in [1.54, 1.807) is 28.8 Å². The SMILES string of the molecule is O=C(O)Cc1nc2ccccn2c1N=Nc1ccc(F)cc1.